The van der Waals surface area contributed by atoms with Crippen LogP contribution in [0.1, 0.15) is 13.3 Å². The van der Waals surface area contributed by atoms with Gasteiger partial charge in [0.15, 0.2) is 0 Å². The molecule has 1 aliphatic heterocycles. The van der Waals surface area contributed by atoms with Crippen LogP contribution in [0, 0.1) is 5.92 Å². The smallest absolute Gasteiger partial charge is 0.244 e. The lowest BCUT2D eigenvalue weighted by Crippen LogP contribution is -2.47. The summed E-state index contributed by atoms with van der Waals surface area (Å²) < 4.78 is 25.8. The van der Waals surface area contributed by atoms with Gasteiger partial charge in [0.25, 0.3) is 0 Å². The summed E-state index contributed by atoms with van der Waals surface area (Å²) in [4.78, 5) is 3.09. The lowest BCUT2D eigenvalue weighted by atomic mass is 9.96. The van der Waals surface area contributed by atoms with Gasteiger partial charge in [0.2, 0.25) is 10.0 Å². The van der Waals surface area contributed by atoms with E-state index in [0.29, 0.717) is 18.0 Å². The summed E-state index contributed by atoms with van der Waals surface area (Å²) in [5, 5.41) is 0. The lowest BCUT2D eigenvalue weighted by Gasteiger charge is -2.33. The van der Waals surface area contributed by atoms with E-state index in [1.165, 1.54) is 10.5 Å². The molecule has 2 unspecified atom stereocenters. The molecule has 6 heteroatoms. The molecule has 0 bridgehead atoms. The maximum atomic E-state index is 12.2. The van der Waals surface area contributed by atoms with Crippen molar-refractivity contribution in [2.24, 2.45) is 11.7 Å². The Morgan fingerprint density at radius 1 is 1.56 bits per heavy atom. The summed E-state index contributed by atoms with van der Waals surface area (Å²) in [7, 11) is -3.33. The van der Waals surface area contributed by atoms with Gasteiger partial charge in [-0.25, -0.2) is 8.42 Å². The number of rotatable bonds is 2. The van der Waals surface area contributed by atoms with Crippen LogP contribution in [0.2, 0.25) is 0 Å². The second-order valence-electron chi connectivity index (χ2n) is 4.34. The largest absolute Gasteiger partial charge is 0.366 e. The van der Waals surface area contributed by atoms with Gasteiger partial charge in [0, 0.05) is 31.5 Å². The van der Waals surface area contributed by atoms with Crippen LogP contribution in [0.4, 0.5) is 0 Å². The molecule has 1 aliphatic rings. The standard InChI is InChI=1S/C10H17N3O2S/c1-8-7-13(5-3-10(8)11)16(14,15)9-2-4-12-6-9/h2,4,6,8,10,12H,3,5,7,11H2,1H3. The van der Waals surface area contributed by atoms with E-state index in [-0.39, 0.29) is 12.0 Å². The van der Waals surface area contributed by atoms with Crippen molar-refractivity contribution >= 4 is 10.0 Å². The van der Waals surface area contributed by atoms with Crippen LogP contribution in [0.3, 0.4) is 0 Å². The molecule has 0 saturated carbocycles. The lowest BCUT2D eigenvalue weighted by molar-refractivity contribution is 0.250. The number of piperidine rings is 1. The SMILES string of the molecule is CC1CN(S(=O)(=O)c2cc[nH]c2)CCC1N. The molecule has 5 nitrogen and oxygen atoms in total. The van der Waals surface area contributed by atoms with E-state index in [2.05, 4.69) is 4.98 Å². The van der Waals surface area contributed by atoms with Gasteiger partial charge in [0.05, 0.1) is 4.90 Å². The van der Waals surface area contributed by atoms with Crippen LogP contribution in [-0.4, -0.2) is 36.8 Å². The van der Waals surface area contributed by atoms with Crippen molar-refractivity contribution < 1.29 is 8.42 Å². The summed E-state index contributed by atoms with van der Waals surface area (Å²) in [6.07, 6.45) is 3.85. The average molecular weight is 243 g/mol. The minimum Gasteiger partial charge on any atom is -0.366 e. The minimum absolute atomic E-state index is 0.109. The zero-order chi connectivity index (χ0) is 11.8. The van der Waals surface area contributed by atoms with Gasteiger partial charge in [-0.15, -0.1) is 0 Å². The molecule has 90 valence electrons. The van der Waals surface area contributed by atoms with E-state index in [0.717, 1.165) is 6.42 Å². The predicted octanol–water partition coefficient (Wildman–Crippen LogP) is 0.373. The van der Waals surface area contributed by atoms with Gasteiger partial charge in [0.1, 0.15) is 0 Å². The Hall–Kier alpha value is -0.850. The molecule has 0 aliphatic carbocycles. The second kappa shape index (κ2) is 4.20. The molecule has 2 atom stereocenters. The molecule has 1 aromatic heterocycles. The maximum absolute atomic E-state index is 12.2. The summed E-state index contributed by atoms with van der Waals surface area (Å²) in [5.74, 6) is 0.211. The van der Waals surface area contributed by atoms with Gasteiger partial charge in [-0.2, -0.15) is 4.31 Å². The fraction of sp³-hybridized carbons (Fsp3) is 0.600. The summed E-state index contributed by atoms with van der Waals surface area (Å²) in [6, 6.07) is 1.69. The first kappa shape index (κ1) is 11.6. The molecule has 2 rings (SSSR count). The third kappa shape index (κ3) is 2.00. The zero-order valence-corrected chi connectivity index (χ0v) is 10.1. The fourth-order valence-corrected chi connectivity index (χ4v) is 3.49. The molecule has 2 heterocycles. The van der Waals surface area contributed by atoms with Crippen molar-refractivity contribution in [2.45, 2.75) is 24.3 Å². The fourth-order valence-electron chi connectivity index (χ4n) is 1.96. The number of aromatic nitrogens is 1. The molecule has 3 N–H and O–H groups in total. The number of nitrogens with one attached hydrogen (secondary N) is 1. The highest BCUT2D eigenvalue weighted by molar-refractivity contribution is 7.89. The molecule has 0 spiro atoms. The van der Waals surface area contributed by atoms with E-state index < -0.39 is 10.0 Å². The summed E-state index contributed by atoms with van der Waals surface area (Å²) >= 11 is 0. The number of nitrogens with two attached hydrogens (primary N) is 1. The molecule has 1 saturated heterocycles. The highest BCUT2D eigenvalue weighted by atomic mass is 32.2. The third-order valence-corrected chi connectivity index (χ3v) is 5.00. The number of hydrogen-bond donors (Lipinski definition) is 2. The van der Waals surface area contributed by atoms with Gasteiger partial charge >= 0.3 is 0 Å². The Balaban J connectivity index is 2.20. The van der Waals surface area contributed by atoms with Crippen molar-refractivity contribution in [3.63, 3.8) is 0 Å². The quantitative estimate of drug-likeness (QED) is 0.787. The van der Waals surface area contributed by atoms with Gasteiger partial charge < -0.3 is 10.7 Å². The average Bonchev–Trinajstić information content (AvgIpc) is 2.75. The minimum atomic E-state index is -3.33. The van der Waals surface area contributed by atoms with Crippen molar-refractivity contribution in [2.75, 3.05) is 13.1 Å². The highest BCUT2D eigenvalue weighted by Gasteiger charge is 2.31. The van der Waals surface area contributed by atoms with E-state index in [1.807, 2.05) is 6.92 Å². The molecule has 0 aromatic carbocycles. The van der Waals surface area contributed by atoms with Crippen LogP contribution in [0.15, 0.2) is 23.4 Å². The second-order valence-corrected chi connectivity index (χ2v) is 6.28. The number of aromatic amines is 1. The number of hydrogen-bond acceptors (Lipinski definition) is 3. The molecule has 16 heavy (non-hydrogen) atoms. The van der Waals surface area contributed by atoms with Crippen LogP contribution in [0.25, 0.3) is 0 Å². The number of nitrogens with zero attached hydrogens (tertiary/aromatic N) is 1. The monoisotopic (exact) mass is 243 g/mol. The Morgan fingerprint density at radius 3 is 2.88 bits per heavy atom. The van der Waals surface area contributed by atoms with Crippen LogP contribution in [-0.2, 0) is 10.0 Å². The molecule has 0 radical (unpaired) electrons. The molecular weight excluding hydrogens is 226 g/mol. The first-order valence-corrected chi connectivity index (χ1v) is 6.84. The summed E-state index contributed by atoms with van der Waals surface area (Å²) in [5.41, 5.74) is 5.87. The first-order chi connectivity index (χ1) is 7.51. The number of sulfonamides is 1. The summed E-state index contributed by atoms with van der Waals surface area (Å²) in [6.45, 7) is 3.01. The molecule has 0 amide bonds. The van der Waals surface area contributed by atoms with Crippen LogP contribution >= 0.6 is 0 Å². The van der Waals surface area contributed by atoms with E-state index in [1.54, 1.807) is 12.3 Å². The van der Waals surface area contributed by atoms with Crippen molar-refractivity contribution in [3.05, 3.63) is 18.5 Å². The molecular formula is C10H17N3O2S. The van der Waals surface area contributed by atoms with E-state index >= 15 is 0 Å². The van der Waals surface area contributed by atoms with Crippen molar-refractivity contribution in [3.8, 4) is 0 Å². The normalized spacial score (nSPS) is 28.1. The zero-order valence-electron chi connectivity index (χ0n) is 9.26. The van der Waals surface area contributed by atoms with Gasteiger partial charge in [-0.1, -0.05) is 6.92 Å². The Labute approximate surface area is 95.7 Å². The highest BCUT2D eigenvalue weighted by Crippen LogP contribution is 2.22. The molecule has 1 aromatic rings. The van der Waals surface area contributed by atoms with Crippen molar-refractivity contribution in [1.29, 1.82) is 0 Å². The van der Waals surface area contributed by atoms with Crippen LogP contribution in [0.5, 0.6) is 0 Å². The number of H-pyrrole nitrogens is 1. The van der Waals surface area contributed by atoms with Crippen LogP contribution < -0.4 is 5.73 Å². The van der Waals surface area contributed by atoms with E-state index in [4.69, 9.17) is 5.73 Å². The maximum Gasteiger partial charge on any atom is 0.244 e. The first-order valence-electron chi connectivity index (χ1n) is 5.40. The predicted molar refractivity (Wildman–Crippen MR) is 61.3 cm³/mol. The topological polar surface area (TPSA) is 79.2 Å². The van der Waals surface area contributed by atoms with E-state index in [9.17, 15) is 8.42 Å². The Morgan fingerprint density at radius 2 is 2.31 bits per heavy atom. The molecule has 1 fully saturated rings. The van der Waals surface area contributed by atoms with Gasteiger partial charge in [-0.3, -0.25) is 0 Å². The van der Waals surface area contributed by atoms with Gasteiger partial charge in [-0.05, 0) is 18.4 Å². The third-order valence-electron chi connectivity index (χ3n) is 3.14. The Bertz CT molecular complexity index is 441. The van der Waals surface area contributed by atoms with Crippen molar-refractivity contribution in [1.82, 2.24) is 9.29 Å². The Kier molecular flexibility index (Phi) is 3.05.